The van der Waals surface area contributed by atoms with E-state index in [4.69, 9.17) is 10.2 Å². The van der Waals surface area contributed by atoms with Gasteiger partial charge < -0.3 is 20.2 Å². The summed E-state index contributed by atoms with van der Waals surface area (Å²) in [6.07, 6.45) is 1.30. The van der Waals surface area contributed by atoms with E-state index in [1.807, 2.05) is 14.1 Å². The van der Waals surface area contributed by atoms with Crippen molar-refractivity contribution < 1.29 is 24.9 Å². The summed E-state index contributed by atoms with van der Waals surface area (Å²) in [5.41, 5.74) is 0. The smallest absolute Gasteiger partial charge is 0.309 e. The van der Waals surface area contributed by atoms with Gasteiger partial charge in [-0.1, -0.05) is 12.8 Å². The van der Waals surface area contributed by atoms with E-state index in [1.165, 1.54) is 0 Å². The molecule has 0 saturated heterocycles. The molecule has 0 rings (SSSR count). The summed E-state index contributed by atoms with van der Waals surface area (Å²) in [5, 5.41) is 27.1. The fourth-order valence-corrected chi connectivity index (χ4v) is 1.74. The van der Waals surface area contributed by atoms with Gasteiger partial charge in [-0.2, -0.15) is 0 Å². The Morgan fingerprint density at radius 1 is 1.11 bits per heavy atom. The molecule has 0 aromatic rings. The molecule has 0 aliphatic carbocycles. The average molecular weight is 261 g/mol. The van der Waals surface area contributed by atoms with Gasteiger partial charge in [0, 0.05) is 0 Å². The summed E-state index contributed by atoms with van der Waals surface area (Å²) in [7, 11) is 3.95. The monoisotopic (exact) mass is 261 g/mol. The molecule has 0 fully saturated rings. The SMILES string of the molecule is CN(C)CCCCCC(O)C(CC(=O)O)C(=O)O. The highest BCUT2D eigenvalue weighted by Crippen LogP contribution is 2.16. The van der Waals surface area contributed by atoms with Gasteiger partial charge >= 0.3 is 11.9 Å². The van der Waals surface area contributed by atoms with Crippen molar-refractivity contribution in [2.45, 2.75) is 38.2 Å². The van der Waals surface area contributed by atoms with Crippen LogP contribution in [-0.2, 0) is 9.59 Å². The molecule has 6 heteroatoms. The van der Waals surface area contributed by atoms with Gasteiger partial charge in [0.1, 0.15) is 0 Å². The fraction of sp³-hybridized carbons (Fsp3) is 0.833. The van der Waals surface area contributed by atoms with Crippen molar-refractivity contribution in [1.82, 2.24) is 4.90 Å². The van der Waals surface area contributed by atoms with Crippen molar-refractivity contribution >= 4 is 11.9 Å². The lowest BCUT2D eigenvalue weighted by atomic mass is 9.94. The van der Waals surface area contributed by atoms with Gasteiger partial charge in [0.05, 0.1) is 18.4 Å². The minimum absolute atomic E-state index is 0.331. The summed E-state index contributed by atoms with van der Waals surface area (Å²) in [4.78, 5) is 23.4. The zero-order chi connectivity index (χ0) is 14.1. The molecule has 6 nitrogen and oxygen atoms in total. The number of nitrogens with zero attached hydrogens (tertiary/aromatic N) is 1. The van der Waals surface area contributed by atoms with Gasteiger partial charge in [-0.05, 0) is 33.5 Å². The largest absolute Gasteiger partial charge is 0.481 e. The molecule has 106 valence electrons. The summed E-state index contributed by atoms with van der Waals surface area (Å²) >= 11 is 0. The minimum Gasteiger partial charge on any atom is -0.481 e. The van der Waals surface area contributed by atoms with Crippen LogP contribution in [0, 0.1) is 5.92 Å². The predicted molar refractivity (Wildman–Crippen MR) is 66.4 cm³/mol. The first-order chi connectivity index (χ1) is 8.34. The van der Waals surface area contributed by atoms with Crippen molar-refractivity contribution in [3.8, 4) is 0 Å². The lowest BCUT2D eigenvalue weighted by molar-refractivity contribution is -0.152. The Morgan fingerprint density at radius 3 is 2.17 bits per heavy atom. The zero-order valence-electron chi connectivity index (χ0n) is 11.0. The molecule has 0 radical (unpaired) electrons. The second-order valence-electron chi connectivity index (χ2n) is 4.76. The Morgan fingerprint density at radius 2 is 1.72 bits per heavy atom. The second kappa shape index (κ2) is 8.88. The highest BCUT2D eigenvalue weighted by molar-refractivity contribution is 5.78. The number of hydrogen-bond acceptors (Lipinski definition) is 4. The molecule has 18 heavy (non-hydrogen) atoms. The molecule has 2 atom stereocenters. The van der Waals surface area contributed by atoms with E-state index in [0.29, 0.717) is 12.8 Å². The van der Waals surface area contributed by atoms with Gasteiger partial charge in [0.25, 0.3) is 0 Å². The lowest BCUT2D eigenvalue weighted by Crippen LogP contribution is -2.30. The van der Waals surface area contributed by atoms with Crippen molar-refractivity contribution in [2.75, 3.05) is 20.6 Å². The zero-order valence-corrected chi connectivity index (χ0v) is 11.0. The van der Waals surface area contributed by atoms with Gasteiger partial charge in [0.15, 0.2) is 0 Å². The number of aliphatic hydroxyl groups excluding tert-OH is 1. The van der Waals surface area contributed by atoms with Crippen LogP contribution in [0.1, 0.15) is 32.1 Å². The van der Waals surface area contributed by atoms with Crippen LogP contribution in [0.3, 0.4) is 0 Å². The van der Waals surface area contributed by atoms with Crippen molar-refractivity contribution in [3.05, 3.63) is 0 Å². The van der Waals surface area contributed by atoms with Crippen LogP contribution in [-0.4, -0.2) is 58.9 Å². The summed E-state index contributed by atoms with van der Waals surface area (Å²) in [6.45, 7) is 0.952. The second-order valence-corrected chi connectivity index (χ2v) is 4.76. The van der Waals surface area contributed by atoms with E-state index < -0.39 is 30.4 Å². The number of aliphatic hydroxyl groups is 1. The van der Waals surface area contributed by atoms with Gasteiger partial charge in [-0.25, -0.2) is 0 Å². The van der Waals surface area contributed by atoms with E-state index in [2.05, 4.69) is 4.90 Å². The maximum Gasteiger partial charge on any atom is 0.309 e. The number of unbranched alkanes of at least 4 members (excludes halogenated alkanes) is 2. The van der Waals surface area contributed by atoms with Gasteiger partial charge in [0.2, 0.25) is 0 Å². The molecule has 0 amide bonds. The Kier molecular flexibility index (Phi) is 8.32. The maximum absolute atomic E-state index is 10.8. The van der Waals surface area contributed by atoms with E-state index in [0.717, 1.165) is 19.4 Å². The number of hydrogen-bond donors (Lipinski definition) is 3. The average Bonchev–Trinajstić information content (AvgIpc) is 2.24. The predicted octanol–water partition coefficient (Wildman–Crippen LogP) is 0.645. The summed E-state index contributed by atoms with van der Waals surface area (Å²) < 4.78 is 0. The van der Waals surface area contributed by atoms with Crippen LogP contribution in [0.5, 0.6) is 0 Å². The molecule has 0 saturated carbocycles. The molecule has 0 aromatic heterocycles. The minimum atomic E-state index is -1.25. The number of carbonyl (C=O) groups is 2. The van der Waals surface area contributed by atoms with Gasteiger partial charge in [-0.15, -0.1) is 0 Å². The third-order valence-electron chi connectivity index (χ3n) is 2.78. The van der Waals surface area contributed by atoms with E-state index in [9.17, 15) is 14.7 Å². The van der Waals surface area contributed by atoms with Crippen molar-refractivity contribution in [2.24, 2.45) is 5.92 Å². The molecule has 2 unspecified atom stereocenters. The van der Waals surface area contributed by atoms with Crippen LogP contribution in [0.15, 0.2) is 0 Å². The maximum atomic E-state index is 10.8. The Balaban J connectivity index is 3.92. The Labute approximate surface area is 107 Å². The van der Waals surface area contributed by atoms with Crippen molar-refractivity contribution in [1.29, 1.82) is 0 Å². The fourth-order valence-electron chi connectivity index (χ4n) is 1.74. The van der Waals surface area contributed by atoms with Crippen molar-refractivity contribution in [3.63, 3.8) is 0 Å². The van der Waals surface area contributed by atoms with Gasteiger partial charge in [-0.3, -0.25) is 9.59 Å². The third kappa shape index (κ3) is 8.03. The van der Waals surface area contributed by atoms with Crippen LogP contribution >= 0.6 is 0 Å². The first kappa shape index (κ1) is 16.9. The number of carboxylic acids is 2. The first-order valence-electron chi connectivity index (χ1n) is 6.12. The molecule has 0 bridgehead atoms. The van der Waals surface area contributed by atoms with Crippen LogP contribution in [0.25, 0.3) is 0 Å². The number of rotatable bonds is 10. The Hall–Kier alpha value is -1.14. The normalized spacial score (nSPS) is 14.4. The highest BCUT2D eigenvalue weighted by atomic mass is 16.4. The molecule has 3 N–H and O–H groups in total. The van der Waals surface area contributed by atoms with Crippen LogP contribution in [0.2, 0.25) is 0 Å². The molecular formula is C12H23NO5. The van der Waals surface area contributed by atoms with Crippen LogP contribution in [0.4, 0.5) is 0 Å². The quantitative estimate of drug-likeness (QED) is 0.499. The summed E-state index contributed by atoms with van der Waals surface area (Å²) in [5.74, 6) is -3.66. The van der Waals surface area contributed by atoms with E-state index in [-0.39, 0.29) is 0 Å². The first-order valence-corrected chi connectivity index (χ1v) is 6.12. The molecule has 0 aliphatic heterocycles. The summed E-state index contributed by atoms with van der Waals surface area (Å²) in [6, 6.07) is 0. The number of aliphatic carboxylic acids is 2. The standard InChI is InChI=1S/C12H23NO5/c1-13(2)7-5-3-4-6-10(14)9(12(17)18)8-11(15)16/h9-10,14H,3-8H2,1-2H3,(H,15,16)(H,17,18). The lowest BCUT2D eigenvalue weighted by Gasteiger charge is -2.17. The van der Waals surface area contributed by atoms with E-state index in [1.54, 1.807) is 0 Å². The Bertz CT molecular complexity index is 267. The number of carboxylic acid groups (broad SMARTS) is 2. The molecule has 0 spiro atoms. The van der Waals surface area contributed by atoms with Crippen LogP contribution < -0.4 is 0 Å². The topological polar surface area (TPSA) is 98.1 Å². The molecule has 0 aromatic carbocycles. The van der Waals surface area contributed by atoms with E-state index >= 15 is 0 Å². The molecule has 0 heterocycles. The highest BCUT2D eigenvalue weighted by Gasteiger charge is 2.28. The molecule has 0 aliphatic rings. The molecular weight excluding hydrogens is 238 g/mol. The third-order valence-corrected chi connectivity index (χ3v) is 2.78.